The molecule has 0 aliphatic rings. The first-order chi connectivity index (χ1) is 23.8. The lowest BCUT2D eigenvalue weighted by molar-refractivity contribution is 1.37. The van der Waals surface area contributed by atoms with Gasteiger partial charge in [-0.05, 0) is 97.7 Å². The van der Waals surface area contributed by atoms with Crippen LogP contribution >= 0.6 is 0 Å². The summed E-state index contributed by atoms with van der Waals surface area (Å²) in [5.41, 5.74) is 13.4. The fraction of sp³-hybridized carbons (Fsp3) is 0. The Labute approximate surface area is 279 Å². The number of hydrogen-bond acceptors (Lipinski definition) is 2. The first-order valence-corrected chi connectivity index (χ1v) is 16.3. The van der Waals surface area contributed by atoms with E-state index >= 15 is 0 Å². The fourth-order valence-electron chi connectivity index (χ4n) is 6.82. The topological polar surface area (TPSA) is 25.8 Å². The summed E-state index contributed by atoms with van der Waals surface area (Å²) in [5, 5.41) is 4.59. The van der Waals surface area contributed by atoms with Gasteiger partial charge in [-0.15, -0.1) is 0 Å². The summed E-state index contributed by atoms with van der Waals surface area (Å²) >= 11 is 0. The van der Waals surface area contributed by atoms with E-state index in [-0.39, 0.29) is 0 Å². The Morgan fingerprint density at radius 3 is 1.17 bits per heavy atom. The zero-order valence-electron chi connectivity index (χ0n) is 26.2. The first kappa shape index (κ1) is 27.9. The quantitative estimate of drug-likeness (QED) is 0.181. The summed E-state index contributed by atoms with van der Waals surface area (Å²) in [5.74, 6) is 0. The Morgan fingerprint density at radius 2 is 0.646 bits per heavy atom. The maximum atomic E-state index is 5.05. The van der Waals surface area contributed by atoms with E-state index in [0.29, 0.717) is 0 Å². The first-order valence-electron chi connectivity index (χ1n) is 16.3. The number of hydrogen-bond donors (Lipinski definition) is 0. The van der Waals surface area contributed by atoms with Crippen molar-refractivity contribution in [3.63, 3.8) is 0 Å². The smallest absolute Gasteiger partial charge is 0.0965 e. The zero-order valence-corrected chi connectivity index (χ0v) is 26.2. The molecular weight excluding hydrogens is 581 g/mol. The van der Waals surface area contributed by atoms with Crippen LogP contribution in [0.25, 0.3) is 88.2 Å². The highest BCUT2D eigenvalue weighted by Crippen LogP contribution is 2.38. The van der Waals surface area contributed by atoms with E-state index in [2.05, 4.69) is 170 Å². The molecule has 9 rings (SSSR count). The second kappa shape index (κ2) is 11.8. The molecule has 2 heteroatoms. The second-order valence-corrected chi connectivity index (χ2v) is 12.3. The van der Waals surface area contributed by atoms with Gasteiger partial charge >= 0.3 is 0 Å². The van der Waals surface area contributed by atoms with Crippen LogP contribution in [-0.2, 0) is 0 Å². The van der Waals surface area contributed by atoms with Gasteiger partial charge in [-0.1, -0.05) is 127 Å². The van der Waals surface area contributed by atoms with Gasteiger partial charge in [-0.25, -0.2) is 0 Å². The van der Waals surface area contributed by atoms with E-state index in [1.807, 2.05) is 12.4 Å². The normalized spacial score (nSPS) is 11.3. The minimum absolute atomic E-state index is 0.909. The van der Waals surface area contributed by atoms with Crippen molar-refractivity contribution in [2.24, 2.45) is 0 Å². The molecule has 0 atom stereocenters. The summed E-state index contributed by atoms with van der Waals surface area (Å²) in [6.45, 7) is 0. The van der Waals surface area contributed by atoms with E-state index in [1.165, 1.54) is 49.7 Å². The molecule has 2 heterocycles. The van der Waals surface area contributed by atoms with Gasteiger partial charge in [-0.3, -0.25) is 9.97 Å². The van der Waals surface area contributed by atoms with Crippen molar-refractivity contribution >= 4 is 32.6 Å². The summed E-state index contributed by atoms with van der Waals surface area (Å²) < 4.78 is 0. The van der Waals surface area contributed by atoms with Gasteiger partial charge < -0.3 is 0 Å². The Kier molecular flexibility index (Phi) is 6.84. The van der Waals surface area contributed by atoms with Gasteiger partial charge in [-0.2, -0.15) is 0 Å². The molecule has 0 fully saturated rings. The van der Waals surface area contributed by atoms with Crippen LogP contribution in [0, 0.1) is 0 Å². The van der Waals surface area contributed by atoms with E-state index < -0.39 is 0 Å². The lowest BCUT2D eigenvalue weighted by Crippen LogP contribution is -1.91. The highest BCUT2D eigenvalue weighted by atomic mass is 14.7. The third-order valence-corrected chi connectivity index (χ3v) is 9.26. The summed E-state index contributed by atoms with van der Waals surface area (Å²) in [6.07, 6.45) is 4.00. The molecule has 0 saturated heterocycles. The van der Waals surface area contributed by atoms with Crippen LogP contribution in [0.5, 0.6) is 0 Å². The molecule has 0 aliphatic carbocycles. The van der Waals surface area contributed by atoms with Gasteiger partial charge in [0.1, 0.15) is 0 Å². The van der Waals surface area contributed by atoms with Crippen LogP contribution in [0.15, 0.2) is 182 Å². The molecule has 7 aromatic carbocycles. The predicted octanol–water partition coefficient (Wildman–Crippen LogP) is 12.3. The fourth-order valence-corrected chi connectivity index (χ4v) is 6.82. The van der Waals surface area contributed by atoms with Crippen LogP contribution < -0.4 is 0 Å². The highest BCUT2D eigenvalue weighted by Gasteiger charge is 2.14. The molecule has 0 radical (unpaired) electrons. The average molecular weight is 611 g/mol. The second-order valence-electron chi connectivity index (χ2n) is 12.3. The van der Waals surface area contributed by atoms with Crippen molar-refractivity contribution in [2.45, 2.75) is 0 Å². The van der Waals surface area contributed by atoms with Crippen molar-refractivity contribution < 1.29 is 0 Å². The average Bonchev–Trinajstić information content (AvgIpc) is 3.17. The molecule has 224 valence electrons. The highest BCUT2D eigenvalue weighted by molar-refractivity contribution is 6.06. The van der Waals surface area contributed by atoms with Crippen LogP contribution in [0.3, 0.4) is 0 Å². The largest absolute Gasteiger partial charge is 0.253 e. The molecule has 0 aliphatic heterocycles. The molecule has 9 aromatic rings. The van der Waals surface area contributed by atoms with Crippen LogP contribution in [0.1, 0.15) is 0 Å². The Morgan fingerprint density at radius 1 is 0.250 bits per heavy atom. The molecule has 0 bridgehead atoms. The number of fused-ring (bicyclic) bond motifs is 4. The molecule has 0 saturated carbocycles. The Hall–Kier alpha value is -6.38. The number of pyridine rings is 2. The molecule has 48 heavy (non-hydrogen) atoms. The molecule has 2 nitrogen and oxygen atoms in total. The molecule has 0 amide bonds. The standard InChI is InChI=1S/C46H30N2/c1-4-12-31(13-5-1)38-24-39(32-14-6-2-7-15-32)26-40(25-38)41-22-36-20-21-37-23-42(30-48-46(37)45(36)47-29-41)44-28-35-19-11-10-18-34(35)27-43(44)33-16-8-3-9-17-33/h1-30H. The van der Waals surface area contributed by atoms with Crippen molar-refractivity contribution in [3.8, 4) is 55.6 Å². The lowest BCUT2D eigenvalue weighted by Gasteiger charge is -2.14. The SMILES string of the molecule is c1ccc(-c2cc(-c3ccccc3)cc(-c3cnc4c(ccc5cc(-c6cc7ccccc7cc6-c6ccccc6)cnc54)c3)c2)cc1. The summed E-state index contributed by atoms with van der Waals surface area (Å²) in [4.78, 5) is 10.1. The maximum Gasteiger partial charge on any atom is 0.0965 e. The van der Waals surface area contributed by atoms with E-state index in [9.17, 15) is 0 Å². The number of rotatable bonds is 5. The van der Waals surface area contributed by atoms with Crippen molar-refractivity contribution in [1.82, 2.24) is 9.97 Å². The monoisotopic (exact) mass is 610 g/mol. The van der Waals surface area contributed by atoms with Crippen molar-refractivity contribution in [1.29, 1.82) is 0 Å². The van der Waals surface area contributed by atoms with Crippen LogP contribution in [-0.4, -0.2) is 9.97 Å². The Bertz CT molecular complexity index is 2530. The number of aromatic nitrogens is 2. The minimum Gasteiger partial charge on any atom is -0.253 e. The minimum atomic E-state index is 0.909. The van der Waals surface area contributed by atoms with Gasteiger partial charge in [0.25, 0.3) is 0 Å². The van der Waals surface area contributed by atoms with Gasteiger partial charge in [0.05, 0.1) is 11.0 Å². The van der Waals surface area contributed by atoms with E-state index in [1.54, 1.807) is 0 Å². The van der Waals surface area contributed by atoms with E-state index in [0.717, 1.165) is 38.5 Å². The van der Waals surface area contributed by atoms with Gasteiger partial charge in [0.2, 0.25) is 0 Å². The summed E-state index contributed by atoms with van der Waals surface area (Å²) in [7, 11) is 0. The molecule has 0 spiro atoms. The lowest BCUT2D eigenvalue weighted by atomic mass is 9.91. The molecule has 0 N–H and O–H groups in total. The number of nitrogens with zero attached hydrogens (tertiary/aromatic N) is 2. The zero-order chi connectivity index (χ0) is 31.9. The van der Waals surface area contributed by atoms with Crippen LogP contribution in [0.4, 0.5) is 0 Å². The maximum absolute atomic E-state index is 5.05. The van der Waals surface area contributed by atoms with Crippen LogP contribution in [0.2, 0.25) is 0 Å². The Balaban J connectivity index is 1.15. The molecular formula is C46H30N2. The third kappa shape index (κ3) is 5.10. The third-order valence-electron chi connectivity index (χ3n) is 9.26. The van der Waals surface area contributed by atoms with Crippen molar-refractivity contribution in [3.05, 3.63) is 182 Å². The predicted molar refractivity (Wildman–Crippen MR) is 202 cm³/mol. The van der Waals surface area contributed by atoms with Crippen molar-refractivity contribution in [2.75, 3.05) is 0 Å². The van der Waals surface area contributed by atoms with Gasteiger partial charge in [0, 0.05) is 34.3 Å². The molecule has 0 unspecified atom stereocenters. The summed E-state index contributed by atoms with van der Waals surface area (Å²) in [6, 6.07) is 60.6. The molecule has 2 aromatic heterocycles. The number of benzene rings is 7. The van der Waals surface area contributed by atoms with Gasteiger partial charge in [0.15, 0.2) is 0 Å². The van der Waals surface area contributed by atoms with E-state index in [4.69, 9.17) is 9.97 Å².